The van der Waals surface area contributed by atoms with Crippen LogP contribution in [-0.2, 0) is 13.0 Å². The number of nitriles is 1. The minimum absolute atomic E-state index is 0.575. The predicted octanol–water partition coefficient (Wildman–Crippen LogP) is 4.22. The van der Waals surface area contributed by atoms with Crippen LogP contribution in [0.3, 0.4) is 0 Å². The molecule has 0 amide bonds. The SMILES string of the molecule is N#C/C(=C/c1ccc2ccccc2c1)c1nnc2n1CCCCC2. The van der Waals surface area contributed by atoms with Gasteiger partial charge in [0.1, 0.15) is 11.9 Å². The van der Waals surface area contributed by atoms with Crippen LogP contribution in [0.4, 0.5) is 0 Å². The van der Waals surface area contributed by atoms with E-state index in [-0.39, 0.29) is 0 Å². The molecule has 0 saturated carbocycles. The predicted molar refractivity (Wildman–Crippen MR) is 95.0 cm³/mol. The van der Waals surface area contributed by atoms with E-state index >= 15 is 0 Å². The number of nitrogens with zero attached hydrogens (tertiary/aromatic N) is 4. The lowest BCUT2D eigenvalue weighted by Gasteiger charge is -2.06. The van der Waals surface area contributed by atoms with Gasteiger partial charge >= 0.3 is 0 Å². The molecule has 1 aliphatic heterocycles. The van der Waals surface area contributed by atoms with Gasteiger partial charge in [-0.15, -0.1) is 10.2 Å². The number of allylic oxidation sites excluding steroid dienone is 1. The van der Waals surface area contributed by atoms with Crippen molar-refractivity contribution in [3.05, 3.63) is 59.7 Å². The Kier molecular flexibility index (Phi) is 3.84. The zero-order valence-corrected chi connectivity index (χ0v) is 13.4. The first-order valence-corrected chi connectivity index (χ1v) is 8.38. The molecule has 2 aromatic carbocycles. The summed E-state index contributed by atoms with van der Waals surface area (Å²) in [7, 11) is 0. The lowest BCUT2D eigenvalue weighted by Crippen LogP contribution is -2.05. The highest BCUT2D eigenvalue weighted by atomic mass is 15.3. The second-order valence-corrected chi connectivity index (χ2v) is 6.18. The maximum Gasteiger partial charge on any atom is 0.174 e. The third kappa shape index (κ3) is 2.69. The molecule has 4 heteroatoms. The molecule has 1 aromatic heterocycles. The first-order chi connectivity index (χ1) is 11.8. The van der Waals surface area contributed by atoms with E-state index in [1.807, 2.05) is 24.3 Å². The minimum Gasteiger partial charge on any atom is -0.310 e. The standard InChI is InChI=1S/C20H18N4/c21-14-18(20-23-22-19-8-2-1-5-11-24(19)20)13-15-9-10-16-6-3-4-7-17(16)12-15/h3-4,6-7,9-10,12-13H,1-2,5,8,11H2/b18-13-. The van der Waals surface area contributed by atoms with Crippen LogP contribution in [0, 0.1) is 11.3 Å². The van der Waals surface area contributed by atoms with Crippen LogP contribution in [0.1, 0.15) is 36.5 Å². The number of hydrogen-bond donors (Lipinski definition) is 0. The smallest absolute Gasteiger partial charge is 0.174 e. The lowest BCUT2D eigenvalue weighted by atomic mass is 10.1. The Morgan fingerprint density at radius 2 is 1.92 bits per heavy atom. The molecule has 3 aromatic rings. The van der Waals surface area contributed by atoms with Crippen molar-refractivity contribution < 1.29 is 0 Å². The van der Waals surface area contributed by atoms with Gasteiger partial charge in [-0.25, -0.2) is 0 Å². The van der Waals surface area contributed by atoms with E-state index in [9.17, 15) is 5.26 Å². The first kappa shape index (κ1) is 14.6. The third-order valence-corrected chi connectivity index (χ3v) is 4.56. The van der Waals surface area contributed by atoms with Crippen molar-refractivity contribution in [2.75, 3.05) is 0 Å². The summed E-state index contributed by atoms with van der Waals surface area (Å²) >= 11 is 0. The molecule has 24 heavy (non-hydrogen) atoms. The molecule has 4 nitrogen and oxygen atoms in total. The van der Waals surface area contributed by atoms with E-state index in [1.54, 1.807) is 0 Å². The fourth-order valence-electron chi connectivity index (χ4n) is 3.30. The largest absolute Gasteiger partial charge is 0.310 e. The van der Waals surface area contributed by atoms with Gasteiger partial charge < -0.3 is 4.57 Å². The highest BCUT2D eigenvalue weighted by Crippen LogP contribution is 2.23. The normalized spacial score (nSPS) is 14.9. The average Bonchev–Trinajstić information content (AvgIpc) is 2.87. The van der Waals surface area contributed by atoms with Crippen molar-refractivity contribution >= 4 is 22.4 Å². The topological polar surface area (TPSA) is 54.5 Å². The zero-order valence-electron chi connectivity index (χ0n) is 13.4. The zero-order chi connectivity index (χ0) is 16.4. The maximum atomic E-state index is 9.64. The van der Waals surface area contributed by atoms with Crippen LogP contribution < -0.4 is 0 Å². The fourth-order valence-corrected chi connectivity index (χ4v) is 3.30. The molecule has 118 valence electrons. The van der Waals surface area contributed by atoms with Gasteiger partial charge in [0, 0.05) is 13.0 Å². The molecular formula is C20H18N4. The number of aromatic nitrogens is 3. The monoisotopic (exact) mass is 314 g/mol. The van der Waals surface area contributed by atoms with Crippen LogP contribution in [0.2, 0.25) is 0 Å². The Hall–Kier alpha value is -2.93. The van der Waals surface area contributed by atoms with Gasteiger partial charge in [0.2, 0.25) is 0 Å². The highest BCUT2D eigenvalue weighted by molar-refractivity contribution is 5.91. The first-order valence-electron chi connectivity index (χ1n) is 8.38. The van der Waals surface area contributed by atoms with Crippen LogP contribution >= 0.6 is 0 Å². The van der Waals surface area contributed by atoms with E-state index in [0.29, 0.717) is 11.4 Å². The van der Waals surface area contributed by atoms with Gasteiger partial charge in [-0.3, -0.25) is 0 Å². The molecule has 0 bridgehead atoms. The Bertz CT molecular complexity index is 959. The summed E-state index contributed by atoms with van der Waals surface area (Å²) in [6.45, 7) is 0.897. The summed E-state index contributed by atoms with van der Waals surface area (Å²) in [5, 5.41) is 20.6. The van der Waals surface area contributed by atoms with Gasteiger partial charge in [-0.2, -0.15) is 5.26 Å². The Labute approximate surface area is 141 Å². The summed E-state index contributed by atoms with van der Waals surface area (Å²) in [6.07, 6.45) is 6.33. The number of aryl methyl sites for hydroxylation is 1. The summed E-state index contributed by atoms with van der Waals surface area (Å²) in [4.78, 5) is 0. The van der Waals surface area contributed by atoms with E-state index in [0.717, 1.165) is 37.2 Å². The molecule has 0 unspecified atom stereocenters. The Morgan fingerprint density at radius 3 is 2.79 bits per heavy atom. The molecule has 1 aliphatic rings. The van der Waals surface area contributed by atoms with Gasteiger partial charge in [0.05, 0.1) is 5.57 Å². The van der Waals surface area contributed by atoms with Gasteiger partial charge in [0.15, 0.2) is 5.82 Å². The van der Waals surface area contributed by atoms with Crippen LogP contribution in [-0.4, -0.2) is 14.8 Å². The molecule has 4 rings (SSSR count). The Balaban J connectivity index is 1.76. The molecule has 0 atom stereocenters. The quantitative estimate of drug-likeness (QED) is 0.665. The van der Waals surface area contributed by atoms with Gasteiger partial charge in [0.25, 0.3) is 0 Å². The van der Waals surface area contributed by atoms with Crippen LogP contribution in [0.5, 0.6) is 0 Å². The number of rotatable bonds is 2. The van der Waals surface area contributed by atoms with Gasteiger partial charge in [-0.05, 0) is 41.3 Å². The summed E-state index contributed by atoms with van der Waals surface area (Å²) in [5.41, 5.74) is 1.59. The molecule has 0 saturated heterocycles. The van der Waals surface area contributed by atoms with Crippen molar-refractivity contribution in [3.8, 4) is 6.07 Å². The van der Waals surface area contributed by atoms with E-state index < -0.39 is 0 Å². The molecule has 0 spiro atoms. The van der Waals surface area contributed by atoms with Gasteiger partial charge in [-0.1, -0.05) is 42.8 Å². The van der Waals surface area contributed by atoms with Crippen molar-refractivity contribution in [1.29, 1.82) is 5.26 Å². The van der Waals surface area contributed by atoms with Crippen molar-refractivity contribution in [1.82, 2.24) is 14.8 Å². The third-order valence-electron chi connectivity index (χ3n) is 4.56. The summed E-state index contributed by atoms with van der Waals surface area (Å²) in [6, 6.07) is 16.8. The summed E-state index contributed by atoms with van der Waals surface area (Å²) < 4.78 is 2.11. The van der Waals surface area contributed by atoms with Crippen molar-refractivity contribution in [2.45, 2.75) is 32.2 Å². The average molecular weight is 314 g/mol. The van der Waals surface area contributed by atoms with E-state index in [2.05, 4.69) is 45.1 Å². The molecule has 0 aliphatic carbocycles. The van der Waals surface area contributed by atoms with Crippen molar-refractivity contribution in [3.63, 3.8) is 0 Å². The number of hydrogen-bond acceptors (Lipinski definition) is 3. The van der Waals surface area contributed by atoms with Crippen LogP contribution in [0.15, 0.2) is 42.5 Å². The minimum atomic E-state index is 0.575. The molecular weight excluding hydrogens is 296 g/mol. The molecule has 2 heterocycles. The molecule has 0 fully saturated rings. The number of fused-ring (bicyclic) bond motifs is 2. The fraction of sp³-hybridized carbons (Fsp3) is 0.250. The lowest BCUT2D eigenvalue weighted by molar-refractivity contribution is 0.627. The Morgan fingerprint density at radius 1 is 1.04 bits per heavy atom. The molecule has 0 N–H and O–H groups in total. The maximum absolute atomic E-state index is 9.64. The molecule has 0 radical (unpaired) electrons. The van der Waals surface area contributed by atoms with Crippen LogP contribution in [0.25, 0.3) is 22.4 Å². The summed E-state index contributed by atoms with van der Waals surface area (Å²) in [5.74, 6) is 1.70. The second-order valence-electron chi connectivity index (χ2n) is 6.18. The van der Waals surface area contributed by atoms with E-state index in [4.69, 9.17) is 0 Å². The van der Waals surface area contributed by atoms with E-state index in [1.165, 1.54) is 17.2 Å². The highest BCUT2D eigenvalue weighted by Gasteiger charge is 2.17. The number of benzene rings is 2. The second kappa shape index (κ2) is 6.29. The van der Waals surface area contributed by atoms with Crippen molar-refractivity contribution in [2.24, 2.45) is 0 Å².